The van der Waals surface area contributed by atoms with Crippen LogP contribution in [0.15, 0.2) is 24.3 Å². The van der Waals surface area contributed by atoms with Crippen LogP contribution in [0.2, 0.25) is 0 Å². The molecule has 3 N–H and O–H groups in total. The van der Waals surface area contributed by atoms with E-state index in [1.165, 1.54) is 6.07 Å². The van der Waals surface area contributed by atoms with Crippen LogP contribution in [0.1, 0.15) is 18.4 Å². The molecule has 0 spiro atoms. The Hall–Kier alpha value is -1.17. The maximum absolute atomic E-state index is 13.4. The van der Waals surface area contributed by atoms with Crippen molar-refractivity contribution in [3.63, 3.8) is 0 Å². The molecule has 1 atom stereocenters. The number of piperidine rings is 1. The summed E-state index contributed by atoms with van der Waals surface area (Å²) in [5.41, 5.74) is 6.37. The summed E-state index contributed by atoms with van der Waals surface area (Å²) in [5, 5.41) is 2.74. The molecule has 2 rings (SSSR count). The van der Waals surface area contributed by atoms with Gasteiger partial charge in [0.1, 0.15) is 5.82 Å². The lowest BCUT2D eigenvalue weighted by atomic mass is 10.1. The van der Waals surface area contributed by atoms with Crippen molar-refractivity contribution in [3.05, 3.63) is 35.6 Å². The first-order valence-corrected chi connectivity index (χ1v) is 6.63. The molecule has 0 bridgehead atoms. The highest BCUT2D eigenvalue weighted by Gasteiger charge is 2.18. The molecule has 1 aromatic rings. The lowest BCUT2D eigenvalue weighted by molar-refractivity contribution is -0.122. The van der Waals surface area contributed by atoms with Gasteiger partial charge in [-0.2, -0.15) is 0 Å². The maximum atomic E-state index is 13.4. The predicted octanol–water partition coefficient (Wildman–Crippen LogP) is 1.29. The van der Waals surface area contributed by atoms with Crippen LogP contribution in [0.3, 0.4) is 0 Å². The highest BCUT2D eigenvalue weighted by molar-refractivity contribution is 5.85. The third-order valence-electron chi connectivity index (χ3n) is 3.34. The molecule has 1 heterocycles. The van der Waals surface area contributed by atoms with E-state index in [-0.39, 0.29) is 36.7 Å². The second kappa shape index (κ2) is 8.19. The molecule has 0 aromatic heterocycles. The quantitative estimate of drug-likeness (QED) is 0.881. The minimum absolute atomic E-state index is 0. The van der Waals surface area contributed by atoms with E-state index in [4.69, 9.17) is 5.73 Å². The summed E-state index contributed by atoms with van der Waals surface area (Å²) in [6.07, 6.45) is 2.05. The van der Waals surface area contributed by atoms with E-state index >= 15 is 0 Å². The van der Waals surface area contributed by atoms with Crippen LogP contribution >= 0.6 is 12.4 Å². The number of carbonyl (C=O) groups is 1. The first kappa shape index (κ1) is 16.9. The van der Waals surface area contributed by atoms with Crippen molar-refractivity contribution in [2.75, 3.05) is 19.6 Å². The molecular weight excluding hydrogens is 281 g/mol. The van der Waals surface area contributed by atoms with Crippen LogP contribution in [0, 0.1) is 5.82 Å². The highest BCUT2D eigenvalue weighted by atomic mass is 35.5. The Morgan fingerprint density at radius 1 is 1.45 bits per heavy atom. The van der Waals surface area contributed by atoms with Crippen molar-refractivity contribution in [2.24, 2.45) is 5.73 Å². The van der Waals surface area contributed by atoms with Crippen LogP contribution in [0.4, 0.5) is 4.39 Å². The Balaban J connectivity index is 0.00000200. The molecule has 0 radical (unpaired) electrons. The van der Waals surface area contributed by atoms with Crippen LogP contribution in [-0.4, -0.2) is 36.5 Å². The summed E-state index contributed by atoms with van der Waals surface area (Å²) in [7, 11) is 0. The SMILES string of the molecule is Cl.N[C@@H]1CCCN(CC(=O)NCc2ccccc2F)C1. The summed E-state index contributed by atoms with van der Waals surface area (Å²) in [6, 6.07) is 6.62. The number of benzene rings is 1. The molecule has 6 heteroatoms. The van der Waals surface area contributed by atoms with Crippen LogP contribution in [-0.2, 0) is 11.3 Å². The highest BCUT2D eigenvalue weighted by Crippen LogP contribution is 2.08. The van der Waals surface area contributed by atoms with Gasteiger partial charge in [0.15, 0.2) is 0 Å². The Labute approximate surface area is 124 Å². The van der Waals surface area contributed by atoms with Gasteiger partial charge in [0.05, 0.1) is 6.54 Å². The van der Waals surface area contributed by atoms with E-state index in [9.17, 15) is 9.18 Å². The van der Waals surface area contributed by atoms with E-state index in [0.29, 0.717) is 12.1 Å². The molecule has 112 valence electrons. The van der Waals surface area contributed by atoms with E-state index in [2.05, 4.69) is 5.32 Å². The molecule has 1 fully saturated rings. The topological polar surface area (TPSA) is 58.4 Å². The van der Waals surface area contributed by atoms with E-state index in [1.807, 2.05) is 4.90 Å². The number of halogens is 2. The van der Waals surface area contributed by atoms with Crippen molar-refractivity contribution in [1.29, 1.82) is 0 Å². The summed E-state index contributed by atoms with van der Waals surface area (Å²) in [4.78, 5) is 13.8. The van der Waals surface area contributed by atoms with Gasteiger partial charge in [-0.3, -0.25) is 9.69 Å². The Kier molecular flexibility index (Phi) is 6.91. The van der Waals surface area contributed by atoms with Gasteiger partial charge in [-0.05, 0) is 25.5 Å². The average Bonchev–Trinajstić information content (AvgIpc) is 2.38. The first-order valence-electron chi connectivity index (χ1n) is 6.63. The normalized spacial score (nSPS) is 19.2. The third-order valence-corrected chi connectivity index (χ3v) is 3.34. The van der Waals surface area contributed by atoms with Gasteiger partial charge in [0.2, 0.25) is 5.91 Å². The van der Waals surface area contributed by atoms with Gasteiger partial charge >= 0.3 is 0 Å². The number of hydrogen-bond acceptors (Lipinski definition) is 3. The fourth-order valence-electron chi connectivity index (χ4n) is 2.33. The zero-order chi connectivity index (χ0) is 13.7. The number of rotatable bonds is 4. The number of nitrogens with one attached hydrogen (secondary N) is 1. The van der Waals surface area contributed by atoms with E-state index in [0.717, 1.165) is 25.9 Å². The lowest BCUT2D eigenvalue weighted by Gasteiger charge is -2.29. The molecule has 1 saturated heterocycles. The second-order valence-corrected chi connectivity index (χ2v) is 5.01. The van der Waals surface area contributed by atoms with Gasteiger partial charge < -0.3 is 11.1 Å². The molecular formula is C14H21ClFN3O. The monoisotopic (exact) mass is 301 g/mol. The standard InChI is InChI=1S/C14H20FN3O.ClH/c15-13-6-2-1-4-11(13)8-17-14(19)10-18-7-3-5-12(16)9-18;/h1-2,4,6,12H,3,5,7-10,16H2,(H,17,19);1H/t12-;/m1./s1. The smallest absolute Gasteiger partial charge is 0.234 e. The summed E-state index contributed by atoms with van der Waals surface area (Å²) >= 11 is 0. The second-order valence-electron chi connectivity index (χ2n) is 5.01. The van der Waals surface area contributed by atoms with Crippen molar-refractivity contribution in [2.45, 2.75) is 25.4 Å². The number of hydrogen-bond donors (Lipinski definition) is 2. The average molecular weight is 302 g/mol. The Morgan fingerprint density at radius 2 is 2.20 bits per heavy atom. The number of amides is 1. The lowest BCUT2D eigenvalue weighted by Crippen LogP contribution is -2.46. The van der Waals surface area contributed by atoms with E-state index < -0.39 is 0 Å². The maximum Gasteiger partial charge on any atom is 0.234 e. The minimum Gasteiger partial charge on any atom is -0.351 e. The van der Waals surface area contributed by atoms with Gasteiger partial charge in [-0.1, -0.05) is 18.2 Å². The Morgan fingerprint density at radius 3 is 2.90 bits per heavy atom. The summed E-state index contributed by atoms with van der Waals surface area (Å²) < 4.78 is 13.4. The predicted molar refractivity (Wildman–Crippen MR) is 79.1 cm³/mol. The van der Waals surface area contributed by atoms with Crippen molar-refractivity contribution in [1.82, 2.24) is 10.2 Å². The Bertz CT molecular complexity index is 444. The number of nitrogens with zero attached hydrogens (tertiary/aromatic N) is 1. The molecule has 1 amide bonds. The summed E-state index contributed by atoms with van der Waals surface area (Å²) in [6.45, 7) is 2.22. The fraction of sp³-hybridized carbons (Fsp3) is 0.500. The van der Waals surface area contributed by atoms with Crippen molar-refractivity contribution < 1.29 is 9.18 Å². The van der Waals surface area contributed by atoms with E-state index in [1.54, 1.807) is 18.2 Å². The minimum atomic E-state index is -0.289. The van der Waals surface area contributed by atoms with Gasteiger partial charge in [-0.15, -0.1) is 12.4 Å². The van der Waals surface area contributed by atoms with Gasteiger partial charge in [-0.25, -0.2) is 4.39 Å². The van der Waals surface area contributed by atoms with Crippen LogP contribution in [0.25, 0.3) is 0 Å². The molecule has 1 aromatic carbocycles. The number of likely N-dealkylation sites (tertiary alicyclic amines) is 1. The van der Waals surface area contributed by atoms with Crippen LogP contribution < -0.4 is 11.1 Å². The first-order chi connectivity index (χ1) is 9.15. The molecule has 20 heavy (non-hydrogen) atoms. The zero-order valence-electron chi connectivity index (χ0n) is 11.3. The fourth-order valence-corrected chi connectivity index (χ4v) is 2.33. The molecule has 4 nitrogen and oxygen atoms in total. The largest absolute Gasteiger partial charge is 0.351 e. The van der Waals surface area contributed by atoms with Crippen molar-refractivity contribution in [3.8, 4) is 0 Å². The molecule has 1 aliphatic heterocycles. The van der Waals surface area contributed by atoms with Gasteiger partial charge in [0.25, 0.3) is 0 Å². The number of nitrogens with two attached hydrogens (primary N) is 1. The molecule has 0 unspecified atom stereocenters. The summed E-state index contributed by atoms with van der Waals surface area (Å²) in [5.74, 6) is -0.375. The van der Waals surface area contributed by atoms with Crippen molar-refractivity contribution >= 4 is 18.3 Å². The molecule has 1 aliphatic rings. The van der Waals surface area contributed by atoms with Crippen LogP contribution in [0.5, 0.6) is 0 Å². The zero-order valence-corrected chi connectivity index (χ0v) is 12.2. The molecule has 0 aliphatic carbocycles. The van der Waals surface area contributed by atoms with Gasteiger partial charge in [0, 0.05) is 24.7 Å². The third kappa shape index (κ3) is 5.07. The molecule has 0 saturated carbocycles. The number of carbonyl (C=O) groups excluding carboxylic acids is 1.